The molecule has 0 amide bonds. The summed E-state index contributed by atoms with van der Waals surface area (Å²) in [5, 5.41) is 0. The number of ketones is 1. The standard InChI is InChI=1S/C15H17N3O2/c1-10(11-3-5-12(16)6-4-11)9-13(19)14-15(20-2)18-8-7-17-14/h3-8,10H,9,16H2,1-2H3. The third kappa shape index (κ3) is 3.12. The summed E-state index contributed by atoms with van der Waals surface area (Å²) in [5.41, 5.74) is 7.71. The third-order valence-corrected chi connectivity index (χ3v) is 3.12. The maximum absolute atomic E-state index is 12.3. The molecule has 2 rings (SSSR count). The Morgan fingerprint density at radius 1 is 1.25 bits per heavy atom. The van der Waals surface area contributed by atoms with Crippen molar-refractivity contribution in [3.05, 3.63) is 47.9 Å². The zero-order valence-electron chi connectivity index (χ0n) is 11.5. The van der Waals surface area contributed by atoms with Crippen molar-refractivity contribution >= 4 is 11.5 Å². The van der Waals surface area contributed by atoms with Crippen molar-refractivity contribution in [3.8, 4) is 5.88 Å². The van der Waals surface area contributed by atoms with Crippen molar-refractivity contribution < 1.29 is 9.53 Å². The van der Waals surface area contributed by atoms with E-state index >= 15 is 0 Å². The minimum atomic E-state index is -0.0840. The van der Waals surface area contributed by atoms with Crippen LogP contribution >= 0.6 is 0 Å². The molecular formula is C15H17N3O2. The summed E-state index contributed by atoms with van der Waals surface area (Å²) in [6.07, 6.45) is 3.33. The maximum atomic E-state index is 12.3. The third-order valence-electron chi connectivity index (χ3n) is 3.12. The summed E-state index contributed by atoms with van der Waals surface area (Å²) in [6.45, 7) is 1.99. The van der Waals surface area contributed by atoms with Gasteiger partial charge in [-0.15, -0.1) is 0 Å². The molecule has 0 radical (unpaired) electrons. The van der Waals surface area contributed by atoms with Gasteiger partial charge in [-0.05, 0) is 23.6 Å². The van der Waals surface area contributed by atoms with Crippen LogP contribution in [0.5, 0.6) is 5.88 Å². The molecule has 1 unspecified atom stereocenters. The first-order valence-electron chi connectivity index (χ1n) is 6.35. The van der Waals surface area contributed by atoms with Crippen LogP contribution in [0.2, 0.25) is 0 Å². The highest BCUT2D eigenvalue weighted by atomic mass is 16.5. The SMILES string of the molecule is COc1nccnc1C(=O)CC(C)c1ccc(N)cc1. The van der Waals surface area contributed by atoms with Gasteiger partial charge < -0.3 is 10.5 Å². The molecule has 5 nitrogen and oxygen atoms in total. The number of carbonyl (C=O) groups is 1. The summed E-state index contributed by atoms with van der Waals surface area (Å²) < 4.78 is 5.06. The van der Waals surface area contributed by atoms with Crippen LogP contribution in [0.15, 0.2) is 36.7 Å². The van der Waals surface area contributed by atoms with Gasteiger partial charge in [-0.25, -0.2) is 9.97 Å². The second kappa shape index (κ2) is 6.14. The van der Waals surface area contributed by atoms with Crippen molar-refractivity contribution in [2.24, 2.45) is 0 Å². The molecule has 0 aliphatic carbocycles. The fourth-order valence-corrected chi connectivity index (χ4v) is 1.98. The van der Waals surface area contributed by atoms with E-state index in [0.717, 1.165) is 5.56 Å². The highest BCUT2D eigenvalue weighted by molar-refractivity contribution is 5.96. The van der Waals surface area contributed by atoms with Gasteiger partial charge in [0.2, 0.25) is 5.88 Å². The summed E-state index contributed by atoms with van der Waals surface area (Å²) in [7, 11) is 1.48. The number of anilines is 1. The number of nitrogens with two attached hydrogens (primary N) is 1. The molecule has 0 saturated heterocycles. The van der Waals surface area contributed by atoms with Crippen molar-refractivity contribution in [2.45, 2.75) is 19.3 Å². The number of carbonyl (C=O) groups excluding carboxylic acids is 1. The molecule has 0 spiro atoms. The number of benzene rings is 1. The van der Waals surface area contributed by atoms with Crippen molar-refractivity contribution in [3.63, 3.8) is 0 Å². The number of nitrogens with zero attached hydrogens (tertiary/aromatic N) is 2. The molecule has 1 aromatic carbocycles. The number of methoxy groups -OCH3 is 1. The number of hydrogen-bond donors (Lipinski definition) is 1. The lowest BCUT2D eigenvalue weighted by Gasteiger charge is -2.12. The van der Waals surface area contributed by atoms with E-state index in [1.54, 1.807) is 0 Å². The van der Waals surface area contributed by atoms with Crippen LogP contribution in [0.3, 0.4) is 0 Å². The van der Waals surface area contributed by atoms with Crippen LogP contribution in [0, 0.1) is 0 Å². The molecule has 0 fully saturated rings. The molecule has 0 saturated carbocycles. The molecule has 0 bridgehead atoms. The molecule has 1 atom stereocenters. The largest absolute Gasteiger partial charge is 0.479 e. The summed E-state index contributed by atoms with van der Waals surface area (Å²) in [5.74, 6) is 0.260. The van der Waals surface area contributed by atoms with E-state index in [9.17, 15) is 4.79 Å². The van der Waals surface area contributed by atoms with E-state index in [4.69, 9.17) is 10.5 Å². The highest BCUT2D eigenvalue weighted by Crippen LogP contribution is 2.23. The number of ether oxygens (including phenoxy) is 1. The zero-order chi connectivity index (χ0) is 14.5. The highest BCUT2D eigenvalue weighted by Gasteiger charge is 2.18. The Labute approximate surface area is 117 Å². The Hall–Kier alpha value is -2.43. The average Bonchev–Trinajstić information content (AvgIpc) is 2.47. The van der Waals surface area contributed by atoms with E-state index in [0.29, 0.717) is 12.1 Å². The van der Waals surface area contributed by atoms with Crippen molar-refractivity contribution in [1.82, 2.24) is 9.97 Å². The predicted octanol–water partition coefficient (Wildman–Crippen LogP) is 2.44. The molecular weight excluding hydrogens is 254 g/mol. The minimum Gasteiger partial charge on any atom is -0.479 e. The number of nitrogen functional groups attached to an aromatic ring is 1. The zero-order valence-corrected chi connectivity index (χ0v) is 11.5. The Kier molecular flexibility index (Phi) is 4.30. The normalized spacial score (nSPS) is 11.9. The number of aromatic nitrogens is 2. The molecule has 2 N–H and O–H groups in total. The molecule has 20 heavy (non-hydrogen) atoms. The first-order chi connectivity index (χ1) is 9.61. The minimum absolute atomic E-state index is 0.0785. The first kappa shape index (κ1) is 14.0. The lowest BCUT2D eigenvalue weighted by atomic mass is 9.94. The van der Waals surface area contributed by atoms with Crippen molar-refractivity contribution in [1.29, 1.82) is 0 Å². The quantitative estimate of drug-likeness (QED) is 0.667. The fraction of sp³-hybridized carbons (Fsp3) is 0.267. The van der Waals surface area contributed by atoms with Crippen LogP contribution in [0.4, 0.5) is 5.69 Å². The molecule has 1 aromatic heterocycles. The maximum Gasteiger partial charge on any atom is 0.243 e. The number of Topliss-reactive ketones (excluding diaryl/α,β-unsaturated/α-hetero) is 1. The summed E-state index contributed by atoms with van der Waals surface area (Å²) in [6, 6.07) is 7.53. The summed E-state index contributed by atoms with van der Waals surface area (Å²) in [4.78, 5) is 20.3. The second-order valence-electron chi connectivity index (χ2n) is 4.61. The Bertz CT molecular complexity index is 596. The number of rotatable bonds is 5. The monoisotopic (exact) mass is 271 g/mol. The van der Waals surface area contributed by atoms with Crippen LogP contribution in [-0.4, -0.2) is 22.9 Å². The lowest BCUT2D eigenvalue weighted by Crippen LogP contribution is -2.09. The number of hydrogen-bond acceptors (Lipinski definition) is 5. The van der Waals surface area contributed by atoms with Gasteiger partial charge in [0.15, 0.2) is 11.5 Å². The van der Waals surface area contributed by atoms with Gasteiger partial charge in [0.1, 0.15) is 0 Å². The second-order valence-corrected chi connectivity index (χ2v) is 4.61. The van der Waals surface area contributed by atoms with E-state index in [1.807, 2.05) is 31.2 Å². The average molecular weight is 271 g/mol. The van der Waals surface area contributed by atoms with Crippen LogP contribution < -0.4 is 10.5 Å². The van der Waals surface area contributed by atoms with Gasteiger partial charge in [-0.3, -0.25) is 4.79 Å². The Balaban J connectivity index is 2.13. The van der Waals surface area contributed by atoms with Gasteiger partial charge in [-0.1, -0.05) is 19.1 Å². The molecule has 1 heterocycles. The molecule has 0 aliphatic heterocycles. The first-order valence-corrected chi connectivity index (χ1v) is 6.35. The van der Waals surface area contributed by atoms with Crippen LogP contribution in [0.25, 0.3) is 0 Å². The van der Waals surface area contributed by atoms with Gasteiger partial charge in [0.05, 0.1) is 7.11 Å². The van der Waals surface area contributed by atoms with E-state index in [1.165, 1.54) is 19.5 Å². The molecule has 2 aromatic rings. The Morgan fingerprint density at radius 3 is 2.55 bits per heavy atom. The Morgan fingerprint density at radius 2 is 1.90 bits per heavy atom. The topological polar surface area (TPSA) is 78.1 Å². The van der Waals surface area contributed by atoms with Gasteiger partial charge >= 0.3 is 0 Å². The predicted molar refractivity (Wildman–Crippen MR) is 76.8 cm³/mol. The van der Waals surface area contributed by atoms with E-state index in [-0.39, 0.29) is 23.3 Å². The summed E-state index contributed by atoms with van der Waals surface area (Å²) >= 11 is 0. The fourth-order valence-electron chi connectivity index (χ4n) is 1.98. The van der Waals surface area contributed by atoms with Gasteiger partial charge in [-0.2, -0.15) is 0 Å². The van der Waals surface area contributed by atoms with Crippen LogP contribution in [-0.2, 0) is 0 Å². The lowest BCUT2D eigenvalue weighted by molar-refractivity contribution is 0.0966. The van der Waals surface area contributed by atoms with E-state index in [2.05, 4.69) is 9.97 Å². The smallest absolute Gasteiger partial charge is 0.243 e. The van der Waals surface area contributed by atoms with Gasteiger partial charge in [0, 0.05) is 24.5 Å². The van der Waals surface area contributed by atoms with Crippen LogP contribution in [0.1, 0.15) is 35.3 Å². The van der Waals surface area contributed by atoms with E-state index < -0.39 is 0 Å². The molecule has 5 heteroatoms. The molecule has 104 valence electrons. The molecule has 0 aliphatic rings. The van der Waals surface area contributed by atoms with Crippen molar-refractivity contribution in [2.75, 3.05) is 12.8 Å². The van der Waals surface area contributed by atoms with Gasteiger partial charge in [0.25, 0.3) is 0 Å².